The first-order valence-corrected chi connectivity index (χ1v) is 7.06. The third-order valence-electron chi connectivity index (χ3n) is 3.53. The summed E-state index contributed by atoms with van der Waals surface area (Å²) in [4.78, 5) is 2.41. The molecule has 2 rings (SSSR count). The molecule has 1 fully saturated rings. The van der Waals surface area contributed by atoms with E-state index in [4.69, 9.17) is 4.74 Å². The van der Waals surface area contributed by atoms with Crippen LogP contribution in [0.25, 0.3) is 0 Å². The Balaban J connectivity index is 2.13. The third-order valence-corrected chi connectivity index (χ3v) is 3.53. The molecule has 0 atom stereocenters. The number of benzene rings is 1. The summed E-state index contributed by atoms with van der Waals surface area (Å²) in [5, 5.41) is 3.38. The summed E-state index contributed by atoms with van der Waals surface area (Å²) < 4.78 is 6.14. The van der Waals surface area contributed by atoms with Gasteiger partial charge in [0.05, 0.1) is 11.8 Å². The molecule has 3 heteroatoms. The summed E-state index contributed by atoms with van der Waals surface area (Å²) in [6, 6.07) is 8.42. The number of rotatable bonds is 5. The third kappa shape index (κ3) is 3.16. The minimum absolute atomic E-state index is 0.328. The van der Waals surface area contributed by atoms with Crippen LogP contribution < -0.4 is 15.0 Å². The van der Waals surface area contributed by atoms with Gasteiger partial charge in [0.1, 0.15) is 5.75 Å². The lowest BCUT2D eigenvalue weighted by molar-refractivity contribution is 0.193. The fourth-order valence-electron chi connectivity index (χ4n) is 2.36. The molecule has 0 aromatic heterocycles. The van der Waals surface area contributed by atoms with Crippen molar-refractivity contribution >= 4 is 5.69 Å². The van der Waals surface area contributed by atoms with Crippen LogP contribution in [0.1, 0.15) is 26.7 Å². The minimum atomic E-state index is 0.328. The van der Waals surface area contributed by atoms with Gasteiger partial charge in [0, 0.05) is 26.2 Å². The monoisotopic (exact) mass is 248 g/mol. The van der Waals surface area contributed by atoms with Crippen molar-refractivity contribution in [1.29, 1.82) is 0 Å². The van der Waals surface area contributed by atoms with Gasteiger partial charge in [-0.3, -0.25) is 0 Å². The zero-order valence-electron chi connectivity index (χ0n) is 11.5. The number of piperazine rings is 1. The number of hydrogen-bond acceptors (Lipinski definition) is 3. The highest BCUT2D eigenvalue weighted by atomic mass is 16.5. The molecular weight excluding hydrogens is 224 g/mol. The lowest BCUT2D eigenvalue weighted by Crippen LogP contribution is -2.43. The fourth-order valence-corrected chi connectivity index (χ4v) is 2.36. The summed E-state index contributed by atoms with van der Waals surface area (Å²) in [6.07, 6.45) is 2.45. The summed E-state index contributed by atoms with van der Waals surface area (Å²) in [5.41, 5.74) is 1.24. The zero-order valence-corrected chi connectivity index (χ0v) is 11.5. The summed E-state index contributed by atoms with van der Waals surface area (Å²) in [6.45, 7) is 8.59. The Morgan fingerprint density at radius 1 is 1.17 bits per heavy atom. The quantitative estimate of drug-likeness (QED) is 0.867. The highest BCUT2D eigenvalue weighted by molar-refractivity contribution is 5.58. The Morgan fingerprint density at radius 3 is 2.50 bits per heavy atom. The second-order valence-corrected chi connectivity index (χ2v) is 4.76. The van der Waals surface area contributed by atoms with Gasteiger partial charge in [-0.15, -0.1) is 0 Å². The first-order chi connectivity index (χ1) is 8.85. The van der Waals surface area contributed by atoms with Crippen LogP contribution in [0.3, 0.4) is 0 Å². The lowest BCUT2D eigenvalue weighted by Gasteiger charge is -2.31. The van der Waals surface area contributed by atoms with Gasteiger partial charge >= 0.3 is 0 Å². The first kappa shape index (κ1) is 13.2. The number of nitrogens with zero attached hydrogens (tertiary/aromatic N) is 1. The van der Waals surface area contributed by atoms with Crippen molar-refractivity contribution in [1.82, 2.24) is 5.32 Å². The number of ether oxygens (including phenoxy) is 1. The maximum absolute atomic E-state index is 6.14. The van der Waals surface area contributed by atoms with E-state index in [1.807, 2.05) is 0 Å². The molecule has 1 aliphatic heterocycles. The topological polar surface area (TPSA) is 24.5 Å². The van der Waals surface area contributed by atoms with Crippen molar-refractivity contribution < 1.29 is 4.74 Å². The van der Waals surface area contributed by atoms with Crippen molar-refractivity contribution in [2.75, 3.05) is 31.1 Å². The Labute approximate surface area is 110 Å². The van der Waals surface area contributed by atoms with Gasteiger partial charge in [0.2, 0.25) is 0 Å². The Hall–Kier alpha value is -1.22. The molecule has 0 radical (unpaired) electrons. The van der Waals surface area contributed by atoms with Gasteiger partial charge in [-0.1, -0.05) is 26.0 Å². The molecule has 0 unspecified atom stereocenters. The Bertz CT molecular complexity index is 357. The molecule has 0 bridgehead atoms. The van der Waals surface area contributed by atoms with E-state index in [0.717, 1.165) is 44.8 Å². The molecule has 1 saturated heterocycles. The minimum Gasteiger partial charge on any atom is -0.488 e. The van der Waals surface area contributed by atoms with E-state index < -0.39 is 0 Å². The highest BCUT2D eigenvalue weighted by Gasteiger charge is 2.16. The van der Waals surface area contributed by atoms with Crippen LogP contribution in [0.2, 0.25) is 0 Å². The second kappa shape index (κ2) is 6.64. The van der Waals surface area contributed by atoms with E-state index in [-0.39, 0.29) is 0 Å². The number of hydrogen-bond donors (Lipinski definition) is 1. The van der Waals surface area contributed by atoms with Crippen LogP contribution in [0.5, 0.6) is 5.75 Å². The summed E-state index contributed by atoms with van der Waals surface area (Å²) >= 11 is 0. The predicted octanol–water partition coefficient (Wildman–Crippen LogP) is 2.66. The molecule has 1 heterocycles. The molecule has 0 saturated carbocycles. The van der Waals surface area contributed by atoms with Gasteiger partial charge in [0.25, 0.3) is 0 Å². The average Bonchev–Trinajstić information content (AvgIpc) is 2.46. The summed E-state index contributed by atoms with van der Waals surface area (Å²) in [5.74, 6) is 1.04. The largest absolute Gasteiger partial charge is 0.488 e. The summed E-state index contributed by atoms with van der Waals surface area (Å²) in [7, 11) is 0. The molecule has 0 aliphatic carbocycles. The Kier molecular flexibility index (Phi) is 4.88. The molecule has 100 valence electrons. The number of nitrogens with one attached hydrogen (secondary N) is 1. The normalized spacial score (nSPS) is 16.1. The molecule has 0 amide bonds. The van der Waals surface area contributed by atoms with Crippen molar-refractivity contribution in [3.8, 4) is 5.75 Å². The van der Waals surface area contributed by atoms with Gasteiger partial charge in [-0.05, 0) is 25.0 Å². The highest BCUT2D eigenvalue weighted by Crippen LogP contribution is 2.29. The average molecular weight is 248 g/mol. The van der Waals surface area contributed by atoms with Crippen molar-refractivity contribution in [3.05, 3.63) is 24.3 Å². The number of anilines is 1. The smallest absolute Gasteiger partial charge is 0.143 e. The maximum atomic E-state index is 6.14. The van der Waals surface area contributed by atoms with Gasteiger partial charge < -0.3 is 15.0 Å². The molecule has 1 N–H and O–H groups in total. The van der Waals surface area contributed by atoms with Crippen LogP contribution in [0, 0.1) is 0 Å². The maximum Gasteiger partial charge on any atom is 0.143 e. The van der Waals surface area contributed by atoms with Crippen LogP contribution in [0.15, 0.2) is 24.3 Å². The molecule has 1 aromatic rings. The first-order valence-electron chi connectivity index (χ1n) is 7.06. The van der Waals surface area contributed by atoms with Crippen molar-refractivity contribution in [3.63, 3.8) is 0 Å². The zero-order chi connectivity index (χ0) is 12.8. The second-order valence-electron chi connectivity index (χ2n) is 4.76. The van der Waals surface area contributed by atoms with E-state index >= 15 is 0 Å². The van der Waals surface area contributed by atoms with E-state index in [1.54, 1.807) is 0 Å². The molecular formula is C15H24N2O. The van der Waals surface area contributed by atoms with Gasteiger partial charge in [-0.2, -0.15) is 0 Å². The molecule has 1 aromatic carbocycles. The van der Waals surface area contributed by atoms with E-state index in [2.05, 4.69) is 48.3 Å². The van der Waals surface area contributed by atoms with Crippen LogP contribution in [-0.4, -0.2) is 32.3 Å². The van der Waals surface area contributed by atoms with Crippen LogP contribution in [-0.2, 0) is 0 Å². The molecule has 0 spiro atoms. The molecule has 1 aliphatic rings. The van der Waals surface area contributed by atoms with Crippen molar-refractivity contribution in [2.45, 2.75) is 32.8 Å². The standard InChI is InChI=1S/C15H24N2O/c1-3-13(4-2)18-15-8-6-5-7-14(15)17-11-9-16-10-12-17/h5-8,13,16H,3-4,9-12H2,1-2H3. The molecule has 18 heavy (non-hydrogen) atoms. The van der Waals surface area contributed by atoms with Gasteiger partial charge in [0.15, 0.2) is 0 Å². The van der Waals surface area contributed by atoms with Crippen molar-refractivity contribution in [2.24, 2.45) is 0 Å². The molecule has 3 nitrogen and oxygen atoms in total. The van der Waals surface area contributed by atoms with E-state index in [1.165, 1.54) is 5.69 Å². The van der Waals surface area contributed by atoms with Crippen LogP contribution in [0.4, 0.5) is 5.69 Å². The van der Waals surface area contributed by atoms with E-state index in [0.29, 0.717) is 6.10 Å². The number of para-hydroxylation sites is 2. The Morgan fingerprint density at radius 2 is 1.83 bits per heavy atom. The fraction of sp³-hybridized carbons (Fsp3) is 0.600. The lowest BCUT2D eigenvalue weighted by atomic mass is 10.2. The van der Waals surface area contributed by atoms with E-state index in [9.17, 15) is 0 Å². The predicted molar refractivity (Wildman–Crippen MR) is 76.5 cm³/mol. The van der Waals surface area contributed by atoms with Crippen LogP contribution >= 0.6 is 0 Å². The SMILES string of the molecule is CCC(CC)Oc1ccccc1N1CCNCC1. The van der Waals surface area contributed by atoms with Gasteiger partial charge in [-0.25, -0.2) is 0 Å².